The third kappa shape index (κ3) is 2.87. The molecular weight excluding hydrogens is 256 g/mol. The van der Waals surface area contributed by atoms with Gasteiger partial charge in [0, 0.05) is 17.8 Å². The molecular formula is C19H28N2. The number of hydrogen-bond donors (Lipinski definition) is 2. The molecule has 1 fully saturated rings. The van der Waals surface area contributed by atoms with Crippen molar-refractivity contribution in [2.45, 2.75) is 57.4 Å². The van der Waals surface area contributed by atoms with Gasteiger partial charge in [0.15, 0.2) is 0 Å². The molecule has 1 aromatic rings. The van der Waals surface area contributed by atoms with Gasteiger partial charge in [-0.2, -0.15) is 0 Å². The highest BCUT2D eigenvalue weighted by atomic mass is 15.0. The number of hydrogen-bond acceptors (Lipinski definition) is 2. The van der Waals surface area contributed by atoms with Gasteiger partial charge in [-0.25, -0.2) is 0 Å². The van der Waals surface area contributed by atoms with E-state index in [-0.39, 0.29) is 5.54 Å². The molecule has 2 aliphatic rings. The lowest BCUT2D eigenvalue weighted by atomic mass is 9.86. The van der Waals surface area contributed by atoms with Crippen LogP contribution < -0.4 is 11.1 Å². The maximum Gasteiger partial charge on any atom is 0.0358 e. The molecule has 21 heavy (non-hydrogen) atoms. The fourth-order valence-corrected chi connectivity index (χ4v) is 4.15. The van der Waals surface area contributed by atoms with Gasteiger partial charge in [-0.3, -0.25) is 0 Å². The second kappa shape index (κ2) is 5.84. The third-order valence-corrected chi connectivity index (χ3v) is 5.58. The van der Waals surface area contributed by atoms with Crippen LogP contribution in [-0.2, 0) is 12.8 Å². The zero-order chi connectivity index (χ0) is 14.9. The average molecular weight is 284 g/mol. The SMILES string of the molecule is C=C(NCC1(N)CCCC1CC)c1ccc2c(c1)CCC2. The number of rotatable bonds is 5. The van der Waals surface area contributed by atoms with Gasteiger partial charge in [0.25, 0.3) is 0 Å². The Kier molecular flexibility index (Phi) is 4.08. The highest BCUT2D eigenvalue weighted by molar-refractivity contribution is 5.63. The Hall–Kier alpha value is -1.28. The summed E-state index contributed by atoms with van der Waals surface area (Å²) in [5.74, 6) is 0.651. The van der Waals surface area contributed by atoms with Crippen molar-refractivity contribution >= 4 is 5.70 Å². The molecule has 2 unspecified atom stereocenters. The predicted molar refractivity (Wildman–Crippen MR) is 90.1 cm³/mol. The average Bonchev–Trinajstić information content (AvgIpc) is 3.10. The lowest BCUT2D eigenvalue weighted by Gasteiger charge is -2.32. The van der Waals surface area contributed by atoms with Gasteiger partial charge in [0.05, 0.1) is 0 Å². The number of benzene rings is 1. The molecule has 0 bridgehead atoms. The van der Waals surface area contributed by atoms with Gasteiger partial charge in [0.1, 0.15) is 0 Å². The van der Waals surface area contributed by atoms with Crippen molar-refractivity contribution in [1.29, 1.82) is 0 Å². The smallest absolute Gasteiger partial charge is 0.0358 e. The van der Waals surface area contributed by atoms with E-state index >= 15 is 0 Å². The summed E-state index contributed by atoms with van der Waals surface area (Å²) in [6, 6.07) is 6.79. The summed E-state index contributed by atoms with van der Waals surface area (Å²) in [7, 11) is 0. The Labute approximate surface area is 128 Å². The second-order valence-corrected chi connectivity index (χ2v) is 6.90. The molecule has 3 N–H and O–H groups in total. The monoisotopic (exact) mass is 284 g/mol. The molecule has 0 aromatic heterocycles. The van der Waals surface area contributed by atoms with Gasteiger partial charge in [-0.05, 0) is 60.8 Å². The molecule has 1 saturated carbocycles. The van der Waals surface area contributed by atoms with Gasteiger partial charge >= 0.3 is 0 Å². The highest BCUT2D eigenvalue weighted by Crippen LogP contribution is 2.35. The van der Waals surface area contributed by atoms with Crippen molar-refractivity contribution in [2.75, 3.05) is 6.54 Å². The summed E-state index contributed by atoms with van der Waals surface area (Å²) in [4.78, 5) is 0. The Balaban J connectivity index is 1.64. The van der Waals surface area contributed by atoms with Crippen molar-refractivity contribution in [1.82, 2.24) is 5.32 Å². The second-order valence-electron chi connectivity index (χ2n) is 6.90. The minimum absolute atomic E-state index is 0.0472. The normalized spacial score (nSPS) is 27.6. The van der Waals surface area contributed by atoms with E-state index in [1.165, 1.54) is 55.2 Å². The Morgan fingerprint density at radius 2 is 2.14 bits per heavy atom. The fourth-order valence-electron chi connectivity index (χ4n) is 4.15. The van der Waals surface area contributed by atoms with Crippen molar-refractivity contribution in [3.05, 3.63) is 41.5 Å². The van der Waals surface area contributed by atoms with E-state index < -0.39 is 0 Å². The largest absolute Gasteiger partial charge is 0.383 e. The van der Waals surface area contributed by atoms with Crippen molar-refractivity contribution in [3.63, 3.8) is 0 Å². The van der Waals surface area contributed by atoms with E-state index in [1.807, 2.05) is 0 Å². The van der Waals surface area contributed by atoms with Crippen LogP contribution >= 0.6 is 0 Å². The Morgan fingerprint density at radius 3 is 2.95 bits per heavy atom. The summed E-state index contributed by atoms with van der Waals surface area (Å²) in [6.45, 7) is 7.33. The molecule has 0 spiro atoms. The van der Waals surface area contributed by atoms with Crippen molar-refractivity contribution in [3.8, 4) is 0 Å². The van der Waals surface area contributed by atoms with Crippen LogP contribution in [0.2, 0.25) is 0 Å². The van der Waals surface area contributed by atoms with Gasteiger partial charge in [0.2, 0.25) is 0 Å². The van der Waals surface area contributed by atoms with E-state index in [2.05, 4.69) is 37.0 Å². The van der Waals surface area contributed by atoms with E-state index in [4.69, 9.17) is 5.73 Å². The molecule has 114 valence electrons. The summed E-state index contributed by atoms with van der Waals surface area (Å²) < 4.78 is 0. The third-order valence-electron chi connectivity index (χ3n) is 5.58. The quantitative estimate of drug-likeness (QED) is 0.866. The summed E-state index contributed by atoms with van der Waals surface area (Å²) in [5.41, 5.74) is 11.9. The zero-order valence-electron chi connectivity index (χ0n) is 13.3. The van der Waals surface area contributed by atoms with Crippen LogP contribution in [0.5, 0.6) is 0 Å². The summed E-state index contributed by atoms with van der Waals surface area (Å²) >= 11 is 0. The first-order chi connectivity index (χ1) is 10.1. The molecule has 2 nitrogen and oxygen atoms in total. The molecule has 0 aliphatic heterocycles. The minimum atomic E-state index is -0.0472. The van der Waals surface area contributed by atoms with E-state index in [0.29, 0.717) is 5.92 Å². The molecule has 0 heterocycles. The molecule has 0 radical (unpaired) electrons. The number of aryl methyl sites for hydroxylation is 2. The summed E-state index contributed by atoms with van der Waals surface area (Å²) in [6.07, 6.45) is 8.61. The molecule has 0 saturated heterocycles. The Bertz CT molecular complexity index is 534. The van der Waals surface area contributed by atoms with Crippen LogP contribution in [0.15, 0.2) is 24.8 Å². The topological polar surface area (TPSA) is 38.0 Å². The fraction of sp³-hybridized carbons (Fsp3) is 0.579. The first kappa shape index (κ1) is 14.6. The zero-order valence-corrected chi connectivity index (χ0v) is 13.3. The van der Waals surface area contributed by atoms with Crippen molar-refractivity contribution < 1.29 is 0 Å². The van der Waals surface area contributed by atoms with Crippen LogP contribution in [0.4, 0.5) is 0 Å². The molecule has 2 atom stereocenters. The van der Waals surface area contributed by atoms with Crippen molar-refractivity contribution in [2.24, 2.45) is 11.7 Å². The van der Waals surface area contributed by atoms with Gasteiger partial charge in [-0.15, -0.1) is 0 Å². The van der Waals surface area contributed by atoms with E-state index in [0.717, 1.165) is 18.7 Å². The standard InChI is InChI=1S/C19H28N2/c1-3-18-8-5-11-19(18,20)13-21-14(2)16-10-9-15-6-4-7-17(15)12-16/h9-10,12,18,21H,2-8,11,13,20H2,1H3. The maximum absolute atomic E-state index is 6.63. The van der Waals surface area contributed by atoms with Crippen LogP contribution in [-0.4, -0.2) is 12.1 Å². The highest BCUT2D eigenvalue weighted by Gasteiger charge is 2.37. The van der Waals surface area contributed by atoms with Gasteiger partial charge in [-0.1, -0.05) is 38.5 Å². The first-order valence-corrected chi connectivity index (χ1v) is 8.46. The number of fused-ring (bicyclic) bond motifs is 1. The molecule has 3 rings (SSSR count). The van der Waals surface area contributed by atoms with Crippen LogP contribution in [0.3, 0.4) is 0 Å². The predicted octanol–water partition coefficient (Wildman–Crippen LogP) is 3.64. The summed E-state index contributed by atoms with van der Waals surface area (Å²) in [5, 5.41) is 3.52. The molecule has 2 heteroatoms. The number of nitrogens with two attached hydrogens (primary N) is 1. The van der Waals surface area contributed by atoms with Crippen LogP contribution in [0, 0.1) is 5.92 Å². The van der Waals surface area contributed by atoms with Crippen LogP contribution in [0.25, 0.3) is 5.70 Å². The minimum Gasteiger partial charge on any atom is -0.383 e. The van der Waals surface area contributed by atoms with Gasteiger partial charge < -0.3 is 11.1 Å². The van der Waals surface area contributed by atoms with Crippen LogP contribution in [0.1, 0.15) is 55.7 Å². The van der Waals surface area contributed by atoms with E-state index in [9.17, 15) is 0 Å². The number of nitrogens with one attached hydrogen (secondary N) is 1. The molecule has 2 aliphatic carbocycles. The lowest BCUT2D eigenvalue weighted by molar-refractivity contribution is 0.306. The Morgan fingerprint density at radius 1 is 1.33 bits per heavy atom. The van der Waals surface area contributed by atoms with E-state index in [1.54, 1.807) is 0 Å². The lowest BCUT2D eigenvalue weighted by Crippen LogP contribution is -2.51. The maximum atomic E-state index is 6.63. The molecule has 1 aromatic carbocycles. The molecule has 0 amide bonds. The first-order valence-electron chi connectivity index (χ1n) is 8.46.